The summed E-state index contributed by atoms with van der Waals surface area (Å²) in [6.45, 7) is 0.284. The minimum atomic E-state index is -0.101. The molecule has 0 unspecified atom stereocenters. The van der Waals surface area contributed by atoms with Crippen molar-refractivity contribution in [1.29, 1.82) is 0 Å². The fourth-order valence-corrected chi connectivity index (χ4v) is 4.73. The Kier molecular flexibility index (Phi) is 1.87. The van der Waals surface area contributed by atoms with Crippen LogP contribution in [0.5, 0.6) is 0 Å². The van der Waals surface area contributed by atoms with Gasteiger partial charge < -0.3 is 4.42 Å². The number of hydrogen-bond donors (Lipinski definition) is 0. The molecule has 5 aliphatic rings. The highest BCUT2D eigenvalue weighted by atomic mass is 16.3. The van der Waals surface area contributed by atoms with Crippen LogP contribution in [0.3, 0.4) is 0 Å². The summed E-state index contributed by atoms with van der Waals surface area (Å²) in [6.07, 6.45) is 7.17. The van der Waals surface area contributed by atoms with Gasteiger partial charge in [-0.1, -0.05) is 12.2 Å². The average molecular weight is 269 g/mol. The van der Waals surface area contributed by atoms with E-state index in [1.165, 1.54) is 11.3 Å². The van der Waals surface area contributed by atoms with E-state index in [-0.39, 0.29) is 30.2 Å². The Bertz CT molecular complexity index is 596. The van der Waals surface area contributed by atoms with E-state index in [1.54, 1.807) is 12.3 Å². The van der Waals surface area contributed by atoms with E-state index in [2.05, 4.69) is 12.2 Å². The van der Waals surface area contributed by atoms with Crippen molar-refractivity contribution in [1.82, 2.24) is 4.90 Å². The molecule has 2 amide bonds. The molecule has 1 saturated heterocycles. The number of hydrogen-bond acceptors (Lipinski definition) is 3. The van der Waals surface area contributed by atoms with Crippen LogP contribution in [0.2, 0.25) is 0 Å². The molecule has 6 rings (SSSR count). The van der Waals surface area contributed by atoms with Gasteiger partial charge in [-0.3, -0.25) is 14.5 Å². The first-order valence-corrected chi connectivity index (χ1v) is 7.31. The molecule has 0 N–H and O–H groups in total. The number of furan rings is 1. The molecule has 102 valence electrons. The summed E-state index contributed by atoms with van der Waals surface area (Å²) in [5.74, 6) is 2.42. The fourth-order valence-electron chi connectivity index (χ4n) is 4.73. The molecule has 4 heteroatoms. The van der Waals surface area contributed by atoms with Crippen LogP contribution in [0, 0.1) is 35.5 Å². The number of amides is 2. The summed E-state index contributed by atoms with van der Waals surface area (Å²) in [4.78, 5) is 26.7. The zero-order valence-electron chi connectivity index (χ0n) is 10.9. The van der Waals surface area contributed by atoms with Gasteiger partial charge in [0.2, 0.25) is 11.8 Å². The second-order valence-electron chi connectivity index (χ2n) is 6.50. The number of carbonyl (C=O) groups excluding carboxylic acids is 2. The molecular weight excluding hydrogens is 254 g/mol. The molecule has 1 aliphatic heterocycles. The predicted octanol–water partition coefficient (Wildman–Crippen LogP) is 1.83. The molecule has 1 aromatic heterocycles. The molecule has 4 aliphatic carbocycles. The highest BCUT2D eigenvalue weighted by Gasteiger charge is 2.66. The quantitative estimate of drug-likeness (QED) is 0.608. The van der Waals surface area contributed by atoms with Crippen molar-refractivity contribution in [3.8, 4) is 0 Å². The van der Waals surface area contributed by atoms with Gasteiger partial charge in [-0.05, 0) is 42.2 Å². The van der Waals surface area contributed by atoms with E-state index in [0.717, 1.165) is 0 Å². The maximum absolute atomic E-state index is 12.7. The number of imide groups is 1. The van der Waals surface area contributed by atoms with E-state index in [4.69, 9.17) is 4.42 Å². The largest absolute Gasteiger partial charge is 0.467 e. The summed E-state index contributed by atoms with van der Waals surface area (Å²) in [5, 5.41) is 0. The molecule has 3 fully saturated rings. The standard InChI is InChI=1S/C16H15NO3/c18-15-13-9-3-4-10(12-6-11(9)12)14(13)16(19)17(15)7-8-2-1-5-20-8/h1-5,9-14H,6-7H2/t9-,10-,11-,12+,13+,14+/m0/s1. The van der Waals surface area contributed by atoms with Crippen LogP contribution in [0.4, 0.5) is 0 Å². The lowest BCUT2D eigenvalue weighted by atomic mass is 9.63. The third-order valence-electron chi connectivity index (χ3n) is 5.65. The van der Waals surface area contributed by atoms with Crippen molar-refractivity contribution < 1.29 is 14.0 Å². The topological polar surface area (TPSA) is 50.5 Å². The molecule has 0 radical (unpaired) electrons. The molecular formula is C16H15NO3. The zero-order valence-corrected chi connectivity index (χ0v) is 10.9. The highest BCUT2D eigenvalue weighted by molar-refractivity contribution is 6.06. The van der Waals surface area contributed by atoms with Crippen LogP contribution in [-0.4, -0.2) is 16.7 Å². The molecule has 6 atom stereocenters. The first-order valence-electron chi connectivity index (χ1n) is 7.31. The Labute approximate surface area is 116 Å². The molecule has 2 bridgehead atoms. The molecule has 1 aromatic rings. The van der Waals surface area contributed by atoms with E-state index >= 15 is 0 Å². The molecule has 4 nitrogen and oxygen atoms in total. The second-order valence-corrected chi connectivity index (χ2v) is 6.50. The van der Waals surface area contributed by atoms with Gasteiger partial charge in [0.1, 0.15) is 5.76 Å². The highest BCUT2D eigenvalue weighted by Crippen LogP contribution is 2.65. The van der Waals surface area contributed by atoms with Gasteiger partial charge in [-0.25, -0.2) is 0 Å². The third kappa shape index (κ3) is 1.18. The first-order chi connectivity index (χ1) is 9.75. The Morgan fingerprint density at radius 2 is 1.75 bits per heavy atom. The van der Waals surface area contributed by atoms with Crippen LogP contribution in [0.1, 0.15) is 12.2 Å². The first kappa shape index (κ1) is 10.9. The van der Waals surface area contributed by atoms with E-state index in [1.807, 2.05) is 6.07 Å². The van der Waals surface area contributed by atoms with Crippen LogP contribution < -0.4 is 0 Å². The van der Waals surface area contributed by atoms with Crippen LogP contribution >= 0.6 is 0 Å². The Morgan fingerprint density at radius 3 is 2.30 bits per heavy atom. The van der Waals surface area contributed by atoms with Crippen molar-refractivity contribution in [2.75, 3.05) is 0 Å². The number of rotatable bonds is 2. The molecule has 2 saturated carbocycles. The minimum absolute atomic E-state index is 0.0149. The van der Waals surface area contributed by atoms with Gasteiger partial charge in [0.25, 0.3) is 0 Å². The van der Waals surface area contributed by atoms with Gasteiger partial charge in [-0.15, -0.1) is 0 Å². The monoisotopic (exact) mass is 269 g/mol. The maximum atomic E-state index is 12.7. The van der Waals surface area contributed by atoms with Gasteiger partial charge >= 0.3 is 0 Å². The maximum Gasteiger partial charge on any atom is 0.234 e. The van der Waals surface area contributed by atoms with Gasteiger partial charge in [-0.2, -0.15) is 0 Å². The van der Waals surface area contributed by atoms with Crippen molar-refractivity contribution in [3.05, 3.63) is 36.3 Å². The summed E-state index contributed by atoms with van der Waals surface area (Å²) in [7, 11) is 0. The van der Waals surface area contributed by atoms with Crippen molar-refractivity contribution in [2.45, 2.75) is 13.0 Å². The molecule has 20 heavy (non-hydrogen) atoms. The molecule has 0 spiro atoms. The number of allylic oxidation sites excluding steroid dienone is 2. The Morgan fingerprint density at radius 1 is 1.10 bits per heavy atom. The number of likely N-dealkylation sites (tertiary alicyclic amines) is 1. The Balaban J connectivity index is 1.51. The normalized spacial score (nSPS) is 43.9. The van der Waals surface area contributed by atoms with Crippen LogP contribution in [0.15, 0.2) is 35.0 Å². The third-order valence-corrected chi connectivity index (χ3v) is 5.65. The second kappa shape index (κ2) is 3.43. The van der Waals surface area contributed by atoms with E-state index in [0.29, 0.717) is 29.4 Å². The van der Waals surface area contributed by atoms with Gasteiger partial charge in [0.05, 0.1) is 24.6 Å². The molecule has 2 heterocycles. The van der Waals surface area contributed by atoms with Crippen molar-refractivity contribution in [2.24, 2.45) is 35.5 Å². The van der Waals surface area contributed by atoms with E-state index in [9.17, 15) is 9.59 Å². The molecule has 0 aromatic carbocycles. The number of carbonyl (C=O) groups is 2. The lowest BCUT2D eigenvalue weighted by Crippen LogP contribution is -2.40. The average Bonchev–Trinajstić information content (AvgIpc) is 3.08. The minimum Gasteiger partial charge on any atom is -0.467 e. The van der Waals surface area contributed by atoms with Gasteiger partial charge in [0, 0.05) is 0 Å². The van der Waals surface area contributed by atoms with E-state index < -0.39 is 0 Å². The summed E-state index contributed by atoms with van der Waals surface area (Å²) >= 11 is 0. The van der Waals surface area contributed by atoms with Crippen LogP contribution in [-0.2, 0) is 16.1 Å². The SMILES string of the molecule is O=C1[C@@H]2[C@H]3C=C[C@@H]([C@@H]4C[C@H]34)[C@H]2C(=O)N1Cc1ccco1. The summed E-state index contributed by atoms with van der Waals surface area (Å²) in [5.41, 5.74) is 0. The summed E-state index contributed by atoms with van der Waals surface area (Å²) in [6, 6.07) is 3.60. The smallest absolute Gasteiger partial charge is 0.234 e. The predicted molar refractivity (Wildman–Crippen MR) is 69.0 cm³/mol. The zero-order chi connectivity index (χ0) is 13.4. The number of nitrogens with zero attached hydrogens (tertiary/aromatic N) is 1. The lowest BCUT2D eigenvalue weighted by molar-refractivity contribution is -0.141. The van der Waals surface area contributed by atoms with Crippen LogP contribution in [0.25, 0.3) is 0 Å². The van der Waals surface area contributed by atoms with Crippen molar-refractivity contribution >= 4 is 11.8 Å². The lowest BCUT2D eigenvalue weighted by Gasteiger charge is -2.37. The summed E-state index contributed by atoms with van der Waals surface area (Å²) < 4.78 is 5.28. The Hall–Kier alpha value is -1.84. The van der Waals surface area contributed by atoms with Gasteiger partial charge in [0.15, 0.2) is 0 Å². The fraction of sp³-hybridized carbons (Fsp3) is 0.500. The van der Waals surface area contributed by atoms with Crippen molar-refractivity contribution in [3.63, 3.8) is 0 Å².